The molecule has 1 aromatic carbocycles. The molecular formula is C12H15NO2. The summed E-state index contributed by atoms with van der Waals surface area (Å²) in [4.78, 5) is 11.2. The zero-order valence-electron chi connectivity index (χ0n) is 8.77. The van der Waals surface area contributed by atoms with Gasteiger partial charge in [-0.3, -0.25) is 0 Å². The fourth-order valence-electron chi connectivity index (χ4n) is 1.09. The summed E-state index contributed by atoms with van der Waals surface area (Å²) >= 11 is 0. The molecule has 80 valence electrons. The predicted octanol–water partition coefficient (Wildman–Crippen LogP) is 1.63. The van der Waals surface area contributed by atoms with E-state index in [1.807, 2.05) is 30.3 Å². The van der Waals surface area contributed by atoms with Crippen LogP contribution in [0.4, 0.5) is 0 Å². The first-order valence-electron chi connectivity index (χ1n) is 4.83. The van der Waals surface area contributed by atoms with Crippen molar-refractivity contribution in [3.05, 3.63) is 47.7 Å². The van der Waals surface area contributed by atoms with Gasteiger partial charge in [0.05, 0.1) is 6.61 Å². The molecule has 0 aliphatic rings. The summed E-state index contributed by atoms with van der Waals surface area (Å²) in [5, 5.41) is 0. The minimum atomic E-state index is -0.353. The molecule has 0 aromatic heterocycles. The van der Waals surface area contributed by atoms with Crippen molar-refractivity contribution in [3.8, 4) is 0 Å². The summed E-state index contributed by atoms with van der Waals surface area (Å²) in [7, 11) is 0. The first kappa shape index (κ1) is 11.3. The highest BCUT2D eigenvalue weighted by atomic mass is 16.5. The average Bonchev–Trinajstić information content (AvgIpc) is 2.29. The second-order valence-corrected chi connectivity index (χ2v) is 3.22. The van der Waals surface area contributed by atoms with E-state index in [0.717, 1.165) is 12.0 Å². The van der Waals surface area contributed by atoms with Gasteiger partial charge in [0.1, 0.15) is 0 Å². The molecule has 3 nitrogen and oxygen atoms in total. The van der Waals surface area contributed by atoms with Crippen LogP contribution in [0.3, 0.4) is 0 Å². The molecule has 0 fully saturated rings. The number of benzene rings is 1. The van der Waals surface area contributed by atoms with Gasteiger partial charge in [-0.05, 0) is 12.5 Å². The Balaban J connectivity index is 2.31. The van der Waals surface area contributed by atoms with E-state index in [1.165, 1.54) is 6.20 Å². The smallest absolute Gasteiger partial charge is 0.335 e. The van der Waals surface area contributed by atoms with Crippen molar-refractivity contribution in [2.75, 3.05) is 6.61 Å². The maximum Gasteiger partial charge on any atom is 0.335 e. The van der Waals surface area contributed by atoms with Crippen molar-refractivity contribution in [1.29, 1.82) is 0 Å². The zero-order valence-corrected chi connectivity index (χ0v) is 8.77. The van der Waals surface area contributed by atoms with Gasteiger partial charge in [0, 0.05) is 18.2 Å². The molecule has 0 bridgehead atoms. The maximum atomic E-state index is 11.2. The molecule has 0 heterocycles. The summed E-state index contributed by atoms with van der Waals surface area (Å²) in [6.45, 7) is 2.01. The zero-order chi connectivity index (χ0) is 11.1. The summed E-state index contributed by atoms with van der Waals surface area (Å²) in [6.07, 6.45) is 1.98. The molecule has 0 aliphatic heterocycles. The molecule has 15 heavy (non-hydrogen) atoms. The monoisotopic (exact) mass is 205 g/mol. The van der Waals surface area contributed by atoms with Gasteiger partial charge in [-0.2, -0.15) is 0 Å². The van der Waals surface area contributed by atoms with E-state index in [4.69, 9.17) is 10.5 Å². The van der Waals surface area contributed by atoms with Crippen LogP contribution in [0.2, 0.25) is 0 Å². The lowest BCUT2D eigenvalue weighted by atomic mass is 10.2. The third-order valence-electron chi connectivity index (χ3n) is 2.04. The van der Waals surface area contributed by atoms with Gasteiger partial charge in [-0.1, -0.05) is 30.3 Å². The Morgan fingerprint density at radius 1 is 1.40 bits per heavy atom. The number of hydrogen-bond acceptors (Lipinski definition) is 3. The third kappa shape index (κ3) is 3.85. The molecule has 2 N–H and O–H groups in total. The lowest BCUT2D eigenvalue weighted by Gasteiger charge is -2.04. The molecule has 0 spiro atoms. The highest BCUT2D eigenvalue weighted by Crippen LogP contribution is 2.01. The fourth-order valence-corrected chi connectivity index (χ4v) is 1.09. The van der Waals surface area contributed by atoms with E-state index < -0.39 is 0 Å². The molecular weight excluding hydrogens is 190 g/mol. The molecule has 3 heteroatoms. The van der Waals surface area contributed by atoms with E-state index in [1.54, 1.807) is 6.92 Å². The Morgan fingerprint density at radius 2 is 2.07 bits per heavy atom. The van der Waals surface area contributed by atoms with Gasteiger partial charge < -0.3 is 10.5 Å². The summed E-state index contributed by atoms with van der Waals surface area (Å²) < 4.78 is 5.01. The van der Waals surface area contributed by atoms with Crippen molar-refractivity contribution < 1.29 is 9.53 Å². The van der Waals surface area contributed by atoms with Crippen molar-refractivity contribution >= 4 is 5.97 Å². The Bertz CT molecular complexity index is 344. The van der Waals surface area contributed by atoms with E-state index in [2.05, 4.69) is 0 Å². The van der Waals surface area contributed by atoms with Gasteiger partial charge >= 0.3 is 5.97 Å². The van der Waals surface area contributed by atoms with E-state index in [-0.39, 0.29) is 5.97 Å². The minimum Gasteiger partial charge on any atom is -0.462 e. The summed E-state index contributed by atoms with van der Waals surface area (Å²) in [5.41, 5.74) is 6.78. The van der Waals surface area contributed by atoms with Crippen molar-refractivity contribution in [2.45, 2.75) is 13.3 Å². The Hall–Kier alpha value is -1.77. The molecule has 0 aliphatic carbocycles. The van der Waals surface area contributed by atoms with Crippen LogP contribution in [0.15, 0.2) is 42.1 Å². The van der Waals surface area contributed by atoms with Crippen LogP contribution in [-0.4, -0.2) is 12.6 Å². The summed E-state index contributed by atoms with van der Waals surface area (Å²) in [5.74, 6) is -0.353. The minimum absolute atomic E-state index is 0.353. The number of rotatable bonds is 4. The van der Waals surface area contributed by atoms with Crippen LogP contribution < -0.4 is 5.73 Å². The molecule has 0 saturated heterocycles. The SMILES string of the molecule is CC(=CN)C(=O)OCCc1ccccc1. The van der Waals surface area contributed by atoms with Gasteiger partial charge in [0.25, 0.3) is 0 Å². The number of hydrogen-bond donors (Lipinski definition) is 1. The number of carbonyl (C=O) groups excluding carboxylic acids is 1. The highest BCUT2D eigenvalue weighted by molar-refractivity contribution is 5.87. The number of ether oxygens (including phenoxy) is 1. The molecule has 0 unspecified atom stereocenters. The standard InChI is InChI=1S/C12H15NO2/c1-10(9-13)12(14)15-8-7-11-5-3-2-4-6-11/h2-6,9H,7-8,13H2,1H3. The average molecular weight is 205 g/mol. The molecule has 0 saturated carbocycles. The Kier molecular flexibility index (Phi) is 4.41. The van der Waals surface area contributed by atoms with Gasteiger partial charge in [0.15, 0.2) is 0 Å². The van der Waals surface area contributed by atoms with Crippen molar-refractivity contribution in [2.24, 2.45) is 5.73 Å². The number of esters is 1. The lowest BCUT2D eigenvalue weighted by molar-refractivity contribution is -0.138. The quantitative estimate of drug-likeness (QED) is 0.600. The predicted molar refractivity (Wildman–Crippen MR) is 59.0 cm³/mol. The van der Waals surface area contributed by atoms with Crippen molar-refractivity contribution in [1.82, 2.24) is 0 Å². The van der Waals surface area contributed by atoms with Crippen LogP contribution >= 0.6 is 0 Å². The van der Waals surface area contributed by atoms with Crippen LogP contribution in [0.5, 0.6) is 0 Å². The topological polar surface area (TPSA) is 52.3 Å². The first-order chi connectivity index (χ1) is 7.24. The van der Waals surface area contributed by atoms with Crippen LogP contribution in [0, 0.1) is 0 Å². The first-order valence-corrected chi connectivity index (χ1v) is 4.83. The largest absolute Gasteiger partial charge is 0.462 e. The van der Waals surface area contributed by atoms with Gasteiger partial charge in [0.2, 0.25) is 0 Å². The Labute approximate surface area is 89.5 Å². The molecule has 0 atom stereocenters. The molecule has 1 rings (SSSR count). The lowest BCUT2D eigenvalue weighted by Crippen LogP contribution is -2.09. The van der Waals surface area contributed by atoms with E-state index in [0.29, 0.717) is 12.2 Å². The fraction of sp³-hybridized carbons (Fsp3) is 0.250. The molecule has 1 aromatic rings. The number of nitrogens with two attached hydrogens (primary N) is 1. The normalized spacial score (nSPS) is 11.1. The van der Waals surface area contributed by atoms with Crippen LogP contribution in [-0.2, 0) is 16.0 Å². The maximum absolute atomic E-state index is 11.2. The third-order valence-corrected chi connectivity index (χ3v) is 2.04. The van der Waals surface area contributed by atoms with Crippen LogP contribution in [0.25, 0.3) is 0 Å². The van der Waals surface area contributed by atoms with Gasteiger partial charge in [-0.15, -0.1) is 0 Å². The summed E-state index contributed by atoms with van der Waals surface area (Å²) in [6, 6.07) is 9.88. The van der Waals surface area contributed by atoms with Gasteiger partial charge in [-0.25, -0.2) is 4.79 Å². The molecule has 0 amide bonds. The van der Waals surface area contributed by atoms with E-state index in [9.17, 15) is 4.79 Å². The highest BCUT2D eigenvalue weighted by Gasteiger charge is 2.03. The second kappa shape index (κ2) is 5.86. The molecule has 0 radical (unpaired) electrons. The van der Waals surface area contributed by atoms with E-state index >= 15 is 0 Å². The van der Waals surface area contributed by atoms with Crippen molar-refractivity contribution in [3.63, 3.8) is 0 Å². The Morgan fingerprint density at radius 3 is 2.67 bits per heavy atom. The van der Waals surface area contributed by atoms with Crippen LogP contribution in [0.1, 0.15) is 12.5 Å². The second-order valence-electron chi connectivity index (χ2n) is 3.22. The number of carbonyl (C=O) groups is 1.